The van der Waals surface area contributed by atoms with Gasteiger partial charge in [-0.05, 0) is 36.1 Å². The number of amides is 2. The van der Waals surface area contributed by atoms with Crippen molar-refractivity contribution >= 4 is 23.4 Å². The summed E-state index contributed by atoms with van der Waals surface area (Å²) in [6, 6.07) is 2.39. The monoisotopic (exact) mass is 447 g/mol. The first-order valence-corrected chi connectivity index (χ1v) is 10.7. The fourth-order valence-electron chi connectivity index (χ4n) is 4.24. The van der Waals surface area contributed by atoms with Crippen LogP contribution in [0.5, 0.6) is 0 Å². The minimum absolute atomic E-state index is 0.0511. The number of aromatic nitrogens is 4. The second kappa shape index (κ2) is 8.32. The molecule has 32 heavy (non-hydrogen) atoms. The van der Waals surface area contributed by atoms with E-state index in [0.29, 0.717) is 25.9 Å². The van der Waals surface area contributed by atoms with Crippen LogP contribution in [-0.2, 0) is 9.53 Å². The van der Waals surface area contributed by atoms with Crippen molar-refractivity contribution in [1.29, 1.82) is 0 Å². The Morgan fingerprint density at radius 1 is 1.16 bits per heavy atom. The van der Waals surface area contributed by atoms with Crippen molar-refractivity contribution in [1.82, 2.24) is 25.5 Å². The maximum atomic E-state index is 14.9. The molecule has 2 amide bonds. The fraction of sp³-hybridized carbons (Fsp3) is 0.550. The number of tetrazole rings is 1. The van der Waals surface area contributed by atoms with Gasteiger partial charge in [0, 0.05) is 31.1 Å². The van der Waals surface area contributed by atoms with E-state index < -0.39 is 23.8 Å². The molecule has 1 unspecified atom stereocenters. The van der Waals surface area contributed by atoms with Gasteiger partial charge in [-0.15, -0.1) is 5.10 Å². The average Bonchev–Trinajstić information content (AvgIpc) is 3.35. The van der Waals surface area contributed by atoms with E-state index in [0.717, 1.165) is 25.0 Å². The molecule has 12 heteroatoms. The third-order valence-electron chi connectivity index (χ3n) is 6.16. The Kier molecular flexibility index (Phi) is 5.35. The lowest BCUT2D eigenvalue weighted by Gasteiger charge is -2.33. The molecule has 1 aromatic heterocycles. The van der Waals surface area contributed by atoms with Crippen LogP contribution in [0.25, 0.3) is 0 Å². The number of nitrogens with zero attached hydrogens (tertiary/aromatic N) is 6. The number of anilines is 2. The van der Waals surface area contributed by atoms with E-state index in [4.69, 9.17) is 4.74 Å². The quantitative estimate of drug-likeness (QED) is 0.718. The maximum Gasteiger partial charge on any atom is 0.414 e. The molecule has 3 aliphatic rings. The van der Waals surface area contributed by atoms with Gasteiger partial charge in [-0.1, -0.05) is 0 Å². The smallest absolute Gasteiger partial charge is 0.414 e. The number of piperidine rings is 1. The molecule has 5 rings (SSSR count). The fourth-order valence-corrected chi connectivity index (χ4v) is 4.24. The number of benzene rings is 1. The molecule has 10 nitrogen and oxygen atoms in total. The third kappa shape index (κ3) is 4.08. The molecule has 170 valence electrons. The molecule has 2 aromatic rings. The molecular formula is C20H23F2N7O3. The summed E-state index contributed by atoms with van der Waals surface area (Å²) in [6.07, 6.45) is 3.34. The largest absolute Gasteiger partial charge is 0.442 e. The lowest BCUT2D eigenvalue weighted by atomic mass is 10.0. The lowest BCUT2D eigenvalue weighted by molar-refractivity contribution is -0.122. The minimum atomic E-state index is -0.737. The summed E-state index contributed by atoms with van der Waals surface area (Å²) < 4.78 is 36.8. The predicted octanol–water partition coefficient (Wildman–Crippen LogP) is 1.64. The molecule has 3 fully saturated rings. The highest BCUT2D eigenvalue weighted by atomic mass is 19.1. The molecule has 1 saturated carbocycles. The standard InChI is InChI=1S/C20H23F2N7O3/c21-16-7-14(28-10-15(32-20(28)31)9-23-19(30)12-1-2-12)8-17(22)18(16)27-5-3-13(4-6-27)29-11-24-25-26-29/h7-8,11-13,15H,1-6,9-10H2,(H,23,30). The van der Waals surface area contributed by atoms with Crippen molar-refractivity contribution in [2.75, 3.05) is 36.0 Å². The van der Waals surface area contributed by atoms with Gasteiger partial charge in [0.2, 0.25) is 5.91 Å². The van der Waals surface area contributed by atoms with E-state index in [2.05, 4.69) is 20.8 Å². The third-order valence-corrected chi connectivity index (χ3v) is 6.16. The van der Waals surface area contributed by atoms with Crippen LogP contribution >= 0.6 is 0 Å². The lowest BCUT2D eigenvalue weighted by Crippen LogP contribution is -2.36. The maximum absolute atomic E-state index is 14.9. The summed E-state index contributed by atoms with van der Waals surface area (Å²) in [5.41, 5.74) is -0.0157. The summed E-state index contributed by atoms with van der Waals surface area (Å²) >= 11 is 0. The number of hydrogen-bond acceptors (Lipinski definition) is 7. The Morgan fingerprint density at radius 2 is 1.88 bits per heavy atom. The van der Waals surface area contributed by atoms with E-state index in [-0.39, 0.29) is 42.3 Å². The first kappa shape index (κ1) is 20.6. The summed E-state index contributed by atoms with van der Waals surface area (Å²) in [7, 11) is 0. The van der Waals surface area contributed by atoms with Crippen molar-refractivity contribution in [3.05, 3.63) is 30.1 Å². The average molecular weight is 447 g/mol. The van der Waals surface area contributed by atoms with Crippen molar-refractivity contribution in [2.45, 2.75) is 37.8 Å². The van der Waals surface area contributed by atoms with Crippen LogP contribution in [0.2, 0.25) is 0 Å². The van der Waals surface area contributed by atoms with E-state index in [9.17, 15) is 18.4 Å². The summed E-state index contributed by atoms with van der Waals surface area (Å²) in [6.45, 7) is 1.19. The first-order chi connectivity index (χ1) is 15.5. The summed E-state index contributed by atoms with van der Waals surface area (Å²) in [5, 5.41) is 13.9. The van der Waals surface area contributed by atoms with Crippen molar-refractivity contribution in [2.24, 2.45) is 5.92 Å². The molecule has 3 heterocycles. The summed E-state index contributed by atoms with van der Waals surface area (Å²) in [4.78, 5) is 26.9. The highest BCUT2D eigenvalue weighted by Crippen LogP contribution is 2.34. The second-order valence-electron chi connectivity index (χ2n) is 8.40. The number of halogens is 2. The zero-order valence-corrected chi connectivity index (χ0v) is 17.3. The SMILES string of the molecule is O=C(NCC1CN(c2cc(F)c(N3CCC(n4cnnn4)CC3)c(F)c2)C(=O)O1)C1CC1. The van der Waals surface area contributed by atoms with Gasteiger partial charge < -0.3 is 15.0 Å². The van der Waals surface area contributed by atoms with Crippen LogP contribution in [-0.4, -0.2) is 64.5 Å². The van der Waals surface area contributed by atoms with Crippen LogP contribution in [0.15, 0.2) is 18.5 Å². The topological polar surface area (TPSA) is 105 Å². The number of carbonyl (C=O) groups is 2. The zero-order chi connectivity index (χ0) is 22.2. The van der Waals surface area contributed by atoms with E-state index >= 15 is 0 Å². The molecule has 0 spiro atoms. The van der Waals surface area contributed by atoms with E-state index in [1.54, 1.807) is 9.58 Å². The molecule has 0 bridgehead atoms. The van der Waals surface area contributed by atoms with Crippen LogP contribution in [0, 0.1) is 17.6 Å². The van der Waals surface area contributed by atoms with Crippen molar-refractivity contribution in [3.8, 4) is 0 Å². The van der Waals surface area contributed by atoms with Crippen LogP contribution in [0.3, 0.4) is 0 Å². The van der Waals surface area contributed by atoms with Gasteiger partial charge in [0.25, 0.3) is 0 Å². The van der Waals surface area contributed by atoms with Gasteiger partial charge in [-0.3, -0.25) is 9.69 Å². The molecule has 1 aromatic carbocycles. The highest BCUT2D eigenvalue weighted by molar-refractivity contribution is 5.90. The molecule has 0 radical (unpaired) electrons. The Balaban J connectivity index is 1.23. The molecule has 1 N–H and O–H groups in total. The first-order valence-electron chi connectivity index (χ1n) is 10.7. The van der Waals surface area contributed by atoms with Crippen LogP contribution in [0.4, 0.5) is 25.0 Å². The van der Waals surface area contributed by atoms with Gasteiger partial charge in [0.15, 0.2) is 11.6 Å². The molecule has 2 aliphatic heterocycles. The van der Waals surface area contributed by atoms with Gasteiger partial charge >= 0.3 is 6.09 Å². The van der Waals surface area contributed by atoms with Crippen molar-refractivity contribution < 1.29 is 23.1 Å². The predicted molar refractivity (Wildman–Crippen MR) is 108 cm³/mol. The number of cyclic esters (lactones) is 1. The summed E-state index contributed by atoms with van der Waals surface area (Å²) in [5.74, 6) is -1.47. The van der Waals surface area contributed by atoms with E-state index in [1.807, 2.05) is 0 Å². The normalized spacial score (nSPS) is 21.7. The van der Waals surface area contributed by atoms with Crippen molar-refractivity contribution in [3.63, 3.8) is 0 Å². The van der Waals surface area contributed by atoms with Gasteiger partial charge in [0.05, 0.1) is 24.8 Å². The molecule has 1 atom stereocenters. The molecule has 1 aliphatic carbocycles. The zero-order valence-electron chi connectivity index (χ0n) is 17.3. The van der Waals surface area contributed by atoms with Crippen LogP contribution < -0.4 is 15.1 Å². The number of nitrogens with one attached hydrogen (secondary N) is 1. The Morgan fingerprint density at radius 3 is 2.50 bits per heavy atom. The molecule has 2 saturated heterocycles. The number of rotatable bonds is 6. The Hall–Kier alpha value is -3.31. The van der Waals surface area contributed by atoms with Crippen LogP contribution in [0.1, 0.15) is 31.7 Å². The number of carbonyl (C=O) groups excluding carboxylic acids is 2. The second-order valence-corrected chi connectivity index (χ2v) is 8.40. The van der Waals surface area contributed by atoms with Gasteiger partial charge in [-0.2, -0.15) is 0 Å². The Labute approximate surface area is 182 Å². The Bertz CT molecular complexity index is 984. The van der Waals surface area contributed by atoms with Gasteiger partial charge in [-0.25, -0.2) is 18.3 Å². The van der Waals surface area contributed by atoms with Gasteiger partial charge in [0.1, 0.15) is 18.1 Å². The highest BCUT2D eigenvalue weighted by Gasteiger charge is 2.36. The number of ether oxygens (including phenoxy) is 1. The number of hydrogen-bond donors (Lipinski definition) is 1. The minimum Gasteiger partial charge on any atom is -0.442 e. The molecular weight excluding hydrogens is 424 g/mol. The van der Waals surface area contributed by atoms with E-state index in [1.165, 1.54) is 11.2 Å².